The Morgan fingerprint density at radius 2 is 1.90 bits per heavy atom. The fourth-order valence-corrected chi connectivity index (χ4v) is 3.41. The van der Waals surface area contributed by atoms with Gasteiger partial charge in [-0.1, -0.05) is 18.2 Å². The number of carbonyl (C=O) groups is 1. The topological polar surface area (TPSA) is 89.8 Å². The van der Waals surface area contributed by atoms with Crippen LogP contribution in [-0.4, -0.2) is 28.4 Å². The summed E-state index contributed by atoms with van der Waals surface area (Å²) in [5.41, 5.74) is 4.34. The molecule has 2 N–H and O–H groups in total. The third-order valence-electron chi connectivity index (χ3n) is 5.13. The van der Waals surface area contributed by atoms with Crippen LogP contribution in [0.5, 0.6) is 11.5 Å². The number of hydrogen-bond acceptors (Lipinski definition) is 5. The quantitative estimate of drug-likeness (QED) is 0.487. The zero-order valence-electron chi connectivity index (χ0n) is 17.8. The van der Waals surface area contributed by atoms with E-state index in [1.54, 1.807) is 18.2 Å². The molecule has 0 unspecified atom stereocenters. The van der Waals surface area contributed by atoms with E-state index < -0.39 is 0 Å². The summed E-state index contributed by atoms with van der Waals surface area (Å²) < 4.78 is 12.6. The Kier molecular flexibility index (Phi) is 5.88. The molecule has 31 heavy (non-hydrogen) atoms. The molecule has 3 aromatic rings. The van der Waals surface area contributed by atoms with Crippen LogP contribution >= 0.6 is 0 Å². The number of aryl methyl sites for hydroxylation is 2. The van der Waals surface area contributed by atoms with Crippen LogP contribution in [0.1, 0.15) is 34.2 Å². The van der Waals surface area contributed by atoms with Crippen molar-refractivity contribution >= 4 is 17.6 Å². The van der Waals surface area contributed by atoms with Crippen molar-refractivity contribution in [2.75, 3.05) is 12.1 Å². The number of benzene rings is 2. The third kappa shape index (κ3) is 4.53. The normalized spacial score (nSPS) is 12.7. The number of aliphatic imine (C=N–C) groups is 1. The van der Waals surface area contributed by atoms with Crippen molar-refractivity contribution < 1.29 is 14.3 Å². The van der Waals surface area contributed by atoms with E-state index in [0.717, 1.165) is 29.2 Å². The minimum Gasteiger partial charge on any atom is -0.454 e. The van der Waals surface area contributed by atoms with Gasteiger partial charge in [-0.25, -0.2) is 4.99 Å². The van der Waals surface area contributed by atoms with E-state index in [9.17, 15) is 4.79 Å². The van der Waals surface area contributed by atoms with Crippen LogP contribution < -0.4 is 20.1 Å². The molecule has 0 aliphatic carbocycles. The van der Waals surface area contributed by atoms with Gasteiger partial charge < -0.3 is 14.8 Å². The van der Waals surface area contributed by atoms with E-state index in [0.29, 0.717) is 29.6 Å². The maximum Gasteiger partial charge on any atom is 0.258 e. The molecule has 1 aliphatic rings. The molecule has 0 atom stereocenters. The van der Waals surface area contributed by atoms with Crippen LogP contribution in [-0.2, 0) is 13.1 Å². The number of aromatic nitrogens is 2. The Morgan fingerprint density at radius 1 is 1.13 bits per heavy atom. The SMILES string of the molecule is CCn1nc(C)c(CN=C(NC(=O)c2ccc3c(c2)OCO3)Nc2ccccc2)c1C. The summed E-state index contributed by atoms with van der Waals surface area (Å²) in [5, 5.41) is 10.6. The molecule has 2 aromatic carbocycles. The van der Waals surface area contributed by atoms with Crippen molar-refractivity contribution in [2.45, 2.75) is 33.9 Å². The van der Waals surface area contributed by atoms with E-state index in [1.165, 1.54) is 0 Å². The van der Waals surface area contributed by atoms with Crippen molar-refractivity contribution in [3.05, 3.63) is 71.0 Å². The number of nitrogens with zero attached hydrogens (tertiary/aromatic N) is 3. The maximum atomic E-state index is 12.9. The monoisotopic (exact) mass is 419 g/mol. The summed E-state index contributed by atoms with van der Waals surface area (Å²) in [6, 6.07) is 14.7. The molecule has 8 nitrogen and oxygen atoms in total. The van der Waals surface area contributed by atoms with Gasteiger partial charge in [0, 0.05) is 29.1 Å². The zero-order chi connectivity index (χ0) is 21.8. The minimum absolute atomic E-state index is 0.160. The van der Waals surface area contributed by atoms with E-state index in [-0.39, 0.29) is 12.7 Å². The van der Waals surface area contributed by atoms with E-state index in [2.05, 4.69) is 27.6 Å². The van der Waals surface area contributed by atoms with Gasteiger partial charge in [0.2, 0.25) is 12.8 Å². The fourth-order valence-electron chi connectivity index (χ4n) is 3.41. The Hall–Kier alpha value is -3.81. The molecule has 0 saturated heterocycles. The standard InChI is InChI=1S/C23H25N5O3/c1-4-28-16(3)19(15(2)27-28)13-24-23(25-18-8-6-5-7-9-18)26-22(29)17-10-11-20-21(12-17)31-14-30-20/h5-12H,4,13-14H2,1-3H3,(H2,24,25,26,29). The van der Waals surface area contributed by atoms with Gasteiger partial charge in [-0.3, -0.25) is 14.8 Å². The largest absolute Gasteiger partial charge is 0.454 e. The van der Waals surface area contributed by atoms with E-state index in [1.807, 2.05) is 48.9 Å². The number of para-hydroxylation sites is 1. The molecular formula is C23H25N5O3. The lowest BCUT2D eigenvalue weighted by molar-refractivity contribution is 0.0976. The van der Waals surface area contributed by atoms with Gasteiger partial charge in [-0.2, -0.15) is 5.10 Å². The van der Waals surface area contributed by atoms with Gasteiger partial charge in [0.05, 0.1) is 12.2 Å². The summed E-state index contributed by atoms with van der Waals surface area (Å²) in [7, 11) is 0. The Bertz CT molecular complexity index is 1120. The molecule has 0 spiro atoms. The molecule has 0 fully saturated rings. The van der Waals surface area contributed by atoms with Crippen LogP contribution in [0.15, 0.2) is 53.5 Å². The number of carbonyl (C=O) groups excluding carboxylic acids is 1. The first-order valence-electron chi connectivity index (χ1n) is 10.2. The summed E-state index contributed by atoms with van der Waals surface area (Å²) in [6.07, 6.45) is 0. The van der Waals surface area contributed by atoms with Crippen LogP contribution in [0.4, 0.5) is 5.69 Å². The Morgan fingerprint density at radius 3 is 2.65 bits per heavy atom. The third-order valence-corrected chi connectivity index (χ3v) is 5.13. The van der Waals surface area contributed by atoms with Gasteiger partial charge in [-0.15, -0.1) is 0 Å². The van der Waals surface area contributed by atoms with Crippen molar-refractivity contribution in [3.8, 4) is 11.5 Å². The summed E-state index contributed by atoms with van der Waals surface area (Å²) in [5.74, 6) is 1.25. The predicted molar refractivity (Wildman–Crippen MR) is 119 cm³/mol. The van der Waals surface area contributed by atoms with Crippen LogP contribution in [0.2, 0.25) is 0 Å². The molecule has 1 aliphatic heterocycles. The Labute approximate surface area is 180 Å². The molecule has 8 heteroatoms. The molecule has 160 valence electrons. The number of amides is 1. The van der Waals surface area contributed by atoms with Crippen LogP contribution in [0.3, 0.4) is 0 Å². The first kappa shape index (κ1) is 20.5. The number of hydrogen-bond donors (Lipinski definition) is 2. The molecule has 4 rings (SSSR count). The number of fused-ring (bicyclic) bond motifs is 1. The second-order valence-corrected chi connectivity index (χ2v) is 7.14. The predicted octanol–water partition coefficient (Wildman–Crippen LogP) is 3.65. The Balaban J connectivity index is 1.57. The number of anilines is 1. The van der Waals surface area contributed by atoms with Crippen LogP contribution in [0.25, 0.3) is 0 Å². The van der Waals surface area contributed by atoms with E-state index in [4.69, 9.17) is 9.47 Å². The van der Waals surface area contributed by atoms with Gasteiger partial charge in [-0.05, 0) is 51.1 Å². The summed E-state index contributed by atoms with van der Waals surface area (Å²) in [6.45, 7) is 7.41. The lowest BCUT2D eigenvalue weighted by atomic mass is 10.2. The number of nitrogens with one attached hydrogen (secondary N) is 2. The van der Waals surface area contributed by atoms with Crippen LogP contribution in [0, 0.1) is 13.8 Å². The second kappa shape index (κ2) is 8.91. The number of guanidine groups is 1. The van der Waals surface area contributed by atoms with E-state index >= 15 is 0 Å². The first-order chi connectivity index (χ1) is 15.0. The molecule has 0 radical (unpaired) electrons. The van der Waals surface area contributed by atoms with Crippen molar-refractivity contribution in [3.63, 3.8) is 0 Å². The van der Waals surface area contributed by atoms with Crippen molar-refractivity contribution in [2.24, 2.45) is 4.99 Å². The molecule has 0 bridgehead atoms. The highest BCUT2D eigenvalue weighted by Crippen LogP contribution is 2.32. The molecule has 0 saturated carbocycles. The maximum absolute atomic E-state index is 12.9. The summed E-state index contributed by atoms with van der Waals surface area (Å²) in [4.78, 5) is 17.6. The fraction of sp³-hybridized carbons (Fsp3) is 0.261. The van der Waals surface area contributed by atoms with Crippen molar-refractivity contribution in [1.82, 2.24) is 15.1 Å². The van der Waals surface area contributed by atoms with Gasteiger partial charge in [0.15, 0.2) is 11.5 Å². The highest BCUT2D eigenvalue weighted by atomic mass is 16.7. The smallest absolute Gasteiger partial charge is 0.258 e. The molecule has 1 amide bonds. The molecular weight excluding hydrogens is 394 g/mol. The molecule has 2 heterocycles. The van der Waals surface area contributed by atoms with Gasteiger partial charge >= 0.3 is 0 Å². The van der Waals surface area contributed by atoms with Gasteiger partial charge in [0.25, 0.3) is 5.91 Å². The lowest BCUT2D eigenvalue weighted by Gasteiger charge is -2.12. The minimum atomic E-state index is -0.293. The summed E-state index contributed by atoms with van der Waals surface area (Å²) >= 11 is 0. The second-order valence-electron chi connectivity index (χ2n) is 7.14. The van der Waals surface area contributed by atoms with Gasteiger partial charge in [0.1, 0.15) is 0 Å². The highest BCUT2D eigenvalue weighted by Gasteiger charge is 2.17. The number of rotatable bonds is 5. The average molecular weight is 419 g/mol. The highest BCUT2D eigenvalue weighted by molar-refractivity contribution is 6.10. The zero-order valence-corrected chi connectivity index (χ0v) is 17.8. The van der Waals surface area contributed by atoms with Crippen molar-refractivity contribution in [1.29, 1.82) is 0 Å². The molecule has 1 aromatic heterocycles. The average Bonchev–Trinajstić information content (AvgIpc) is 3.36. The number of ether oxygens (including phenoxy) is 2. The lowest BCUT2D eigenvalue weighted by Crippen LogP contribution is -2.36. The first-order valence-corrected chi connectivity index (χ1v) is 10.2.